The highest BCUT2D eigenvalue weighted by Gasteiger charge is 2.18. The van der Waals surface area contributed by atoms with Crippen LogP contribution in [0.2, 0.25) is 0 Å². The van der Waals surface area contributed by atoms with Gasteiger partial charge in [0.05, 0.1) is 5.56 Å². The fourth-order valence-electron chi connectivity index (χ4n) is 2.88. The second-order valence-electron chi connectivity index (χ2n) is 5.91. The Morgan fingerprint density at radius 1 is 1.12 bits per heavy atom. The van der Waals surface area contributed by atoms with Gasteiger partial charge in [0, 0.05) is 43.3 Å². The largest absolute Gasteiger partial charge is 0.355 e. The van der Waals surface area contributed by atoms with E-state index in [1.165, 1.54) is 0 Å². The van der Waals surface area contributed by atoms with E-state index in [1.54, 1.807) is 18.6 Å². The molecule has 4 rings (SSSR count). The Kier molecular flexibility index (Phi) is 3.92. The summed E-state index contributed by atoms with van der Waals surface area (Å²) >= 11 is 0. The molecule has 0 amide bonds. The van der Waals surface area contributed by atoms with Crippen LogP contribution in [0.25, 0.3) is 22.8 Å². The number of pyridine rings is 2. The lowest BCUT2D eigenvalue weighted by Gasteiger charge is -2.31. The van der Waals surface area contributed by atoms with Crippen LogP contribution in [0, 0.1) is 0 Å². The van der Waals surface area contributed by atoms with E-state index in [-0.39, 0.29) is 6.04 Å². The number of piperidine rings is 1. The molecule has 0 spiro atoms. The second kappa shape index (κ2) is 6.37. The highest BCUT2D eigenvalue weighted by molar-refractivity contribution is 5.59. The Balaban J connectivity index is 1.54. The molecule has 0 bridgehead atoms. The molecule has 3 aromatic heterocycles. The maximum Gasteiger partial charge on any atom is 0.259 e. The van der Waals surface area contributed by atoms with Crippen molar-refractivity contribution in [3.63, 3.8) is 0 Å². The zero-order valence-electron chi connectivity index (χ0n) is 13.2. The van der Waals surface area contributed by atoms with Gasteiger partial charge in [-0.3, -0.25) is 4.98 Å². The summed E-state index contributed by atoms with van der Waals surface area (Å²) in [6, 6.07) is 7.83. The summed E-state index contributed by atoms with van der Waals surface area (Å²) in [5.41, 5.74) is 7.70. The average molecular weight is 322 g/mol. The number of nitrogens with two attached hydrogens (primary N) is 1. The van der Waals surface area contributed by atoms with Gasteiger partial charge in [-0.25, -0.2) is 4.98 Å². The third kappa shape index (κ3) is 2.98. The second-order valence-corrected chi connectivity index (χ2v) is 5.91. The number of nitrogens with zero attached hydrogens (tertiary/aromatic N) is 5. The van der Waals surface area contributed by atoms with Gasteiger partial charge in [-0.05, 0) is 37.1 Å². The smallest absolute Gasteiger partial charge is 0.259 e. The maximum absolute atomic E-state index is 6.03. The highest BCUT2D eigenvalue weighted by Crippen LogP contribution is 2.23. The minimum atomic E-state index is 0.221. The molecule has 0 radical (unpaired) electrons. The van der Waals surface area contributed by atoms with Crippen molar-refractivity contribution in [1.82, 2.24) is 20.1 Å². The van der Waals surface area contributed by atoms with Crippen LogP contribution >= 0.6 is 0 Å². The van der Waals surface area contributed by atoms with Crippen LogP contribution in [-0.4, -0.2) is 39.2 Å². The molecule has 24 heavy (non-hydrogen) atoms. The van der Waals surface area contributed by atoms with Gasteiger partial charge in [-0.1, -0.05) is 5.16 Å². The first-order chi connectivity index (χ1) is 11.8. The molecule has 4 heterocycles. The Bertz CT molecular complexity index is 801. The first-order valence-electron chi connectivity index (χ1n) is 8.00. The van der Waals surface area contributed by atoms with Gasteiger partial charge in [0.1, 0.15) is 5.82 Å². The predicted molar refractivity (Wildman–Crippen MR) is 90.2 cm³/mol. The van der Waals surface area contributed by atoms with Crippen molar-refractivity contribution in [3.8, 4) is 22.8 Å². The van der Waals surface area contributed by atoms with Crippen molar-refractivity contribution in [2.75, 3.05) is 18.0 Å². The molecule has 1 aliphatic heterocycles. The monoisotopic (exact) mass is 322 g/mol. The van der Waals surface area contributed by atoms with Gasteiger partial charge >= 0.3 is 0 Å². The highest BCUT2D eigenvalue weighted by atomic mass is 16.5. The zero-order valence-corrected chi connectivity index (χ0v) is 13.2. The number of hydrogen-bond acceptors (Lipinski definition) is 7. The van der Waals surface area contributed by atoms with E-state index in [0.717, 1.165) is 42.9 Å². The Hall–Kier alpha value is -2.80. The van der Waals surface area contributed by atoms with E-state index in [9.17, 15) is 0 Å². The molecule has 3 aromatic rings. The van der Waals surface area contributed by atoms with E-state index in [0.29, 0.717) is 11.7 Å². The van der Waals surface area contributed by atoms with Crippen LogP contribution in [0.1, 0.15) is 12.8 Å². The van der Waals surface area contributed by atoms with Crippen molar-refractivity contribution < 1.29 is 4.52 Å². The lowest BCUT2D eigenvalue weighted by atomic mass is 10.1. The van der Waals surface area contributed by atoms with Gasteiger partial charge in [0.25, 0.3) is 5.89 Å². The summed E-state index contributed by atoms with van der Waals surface area (Å²) in [6.07, 6.45) is 7.34. The third-order valence-electron chi connectivity index (χ3n) is 4.14. The topological polar surface area (TPSA) is 94.0 Å². The molecule has 1 fully saturated rings. The molecule has 0 aromatic carbocycles. The summed E-state index contributed by atoms with van der Waals surface area (Å²) in [5, 5.41) is 4.02. The average Bonchev–Trinajstić information content (AvgIpc) is 3.13. The van der Waals surface area contributed by atoms with E-state index in [2.05, 4.69) is 25.0 Å². The van der Waals surface area contributed by atoms with E-state index in [4.69, 9.17) is 10.3 Å². The SMILES string of the molecule is NC1CCCN(c2ccc(-c3nc(-c4ccncc4)no3)cn2)C1. The molecule has 7 heteroatoms. The maximum atomic E-state index is 6.03. The molecule has 1 aliphatic rings. The molecule has 7 nitrogen and oxygen atoms in total. The Labute approximate surface area is 139 Å². The summed E-state index contributed by atoms with van der Waals surface area (Å²) < 4.78 is 5.35. The van der Waals surface area contributed by atoms with E-state index in [1.807, 2.05) is 24.3 Å². The van der Waals surface area contributed by atoms with Crippen LogP contribution in [-0.2, 0) is 0 Å². The lowest BCUT2D eigenvalue weighted by Crippen LogP contribution is -2.43. The number of anilines is 1. The fraction of sp³-hybridized carbons (Fsp3) is 0.294. The standard InChI is InChI=1S/C17H18N6O/c18-14-2-1-9-23(11-14)15-4-3-13(10-20-15)17-21-16(22-24-17)12-5-7-19-8-6-12/h3-8,10,14H,1-2,9,11,18H2. The van der Waals surface area contributed by atoms with Crippen LogP contribution < -0.4 is 10.6 Å². The predicted octanol–water partition coefficient (Wildman–Crippen LogP) is 2.12. The van der Waals surface area contributed by atoms with E-state index >= 15 is 0 Å². The van der Waals surface area contributed by atoms with Crippen molar-refractivity contribution in [1.29, 1.82) is 0 Å². The fourth-order valence-corrected chi connectivity index (χ4v) is 2.88. The molecule has 122 valence electrons. The molecular weight excluding hydrogens is 304 g/mol. The van der Waals surface area contributed by atoms with Gasteiger partial charge in [-0.15, -0.1) is 0 Å². The van der Waals surface area contributed by atoms with Gasteiger partial charge in [-0.2, -0.15) is 4.98 Å². The lowest BCUT2D eigenvalue weighted by molar-refractivity contribution is 0.432. The minimum Gasteiger partial charge on any atom is -0.355 e. The normalized spacial score (nSPS) is 17.9. The molecular formula is C17H18N6O. The summed E-state index contributed by atoms with van der Waals surface area (Å²) in [4.78, 5) is 15.2. The van der Waals surface area contributed by atoms with Crippen LogP contribution in [0.15, 0.2) is 47.4 Å². The zero-order chi connectivity index (χ0) is 16.4. The number of rotatable bonds is 3. The van der Waals surface area contributed by atoms with Crippen LogP contribution in [0.5, 0.6) is 0 Å². The molecule has 0 saturated carbocycles. The van der Waals surface area contributed by atoms with Crippen molar-refractivity contribution >= 4 is 5.82 Å². The summed E-state index contributed by atoms with van der Waals surface area (Å²) in [6.45, 7) is 1.84. The van der Waals surface area contributed by atoms with Crippen molar-refractivity contribution in [2.24, 2.45) is 5.73 Å². The van der Waals surface area contributed by atoms with Crippen LogP contribution in [0.3, 0.4) is 0 Å². The van der Waals surface area contributed by atoms with E-state index < -0.39 is 0 Å². The molecule has 2 N–H and O–H groups in total. The van der Waals surface area contributed by atoms with Crippen molar-refractivity contribution in [3.05, 3.63) is 42.9 Å². The molecule has 1 unspecified atom stereocenters. The Morgan fingerprint density at radius 2 is 2.00 bits per heavy atom. The first kappa shape index (κ1) is 14.8. The minimum absolute atomic E-state index is 0.221. The number of hydrogen-bond donors (Lipinski definition) is 1. The van der Waals surface area contributed by atoms with Crippen molar-refractivity contribution in [2.45, 2.75) is 18.9 Å². The first-order valence-corrected chi connectivity index (χ1v) is 8.00. The van der Waals surface area contributed by atoms with Gasteiger partial charge in [0.15, 0.2) is 0 Å². The molecule has 1 saturated heterocycles. The molecule has 0 aliphatic carbocycles. The summed E-state index contributed by atoms with van der Waals surface area (Å²) in [5.74, 6) is 1.93. The number of aromatic nitrogens is 4. The molecule has 1 atom stereocenters. The Morgan fingerprint density at radius 3 is 2.75 bits per heavy atom. The van der Waals surface area contributed by atoms with Gasteiger partial charge < -0.3 is 15.2 Å². The third-order valence-corrected chi connectivity index (χ3v) is 4.14. The quantitative estimate of drug-likeness (QED) is 0.789. The van der Waals surface area contributed by atoms with Gasteiger partial charge in [0.2, 0.25) is 5.82 Å². The van der Waals surface area contributed by atoms with Crippen LogP contribution in [0.4, 0.5) is 5.82 Å². The summed E-state index contributed by atoms with van der Waals surface area (Å²) in [7, 11) is 0.